The second kappa shape index (κ2) is 12.0. The Labute approximate surface area is 326 Å². The molecule has 5 heteroatoms. The Bertz CT molecular complexity index is 2840. The van der Waals surface area contributed by atoms with E-state index in [-0.39, 0.29) is 5.41 Å². The average molecular weight is 722 g/mol. The molecular formula is C51H39N5. The van der Waals surface area contributed by atoms with Crippen molar-refractivity contribution in [1.82, 2.24) is 14.5 Å². The number of hydrogen-bond acceptors (Lipinski definition) is 4. The van der Waals surface area contributed by atoms with Crippen molar-refractivity contribution in [2.45, 2.75) is 37.5 Å². The molecule has 5 aliphatic rings. The summed E-state index contributed by atoms with van der Waals surface area (Å²) < 4.78 is 2.31. The molecule has 1 spiro atoms. The predicted molar refractivity (Wildman–Crippen MR) is 224 cm³/mol. The highest BCUT2D eigenvalue weighted by Gasteiger charge is 2.61. The average Bonchev–Trinajstić information content (AvgIpc) is 3.58. The maximum Gasteiger partial charge on any atom is 0.164 e. The van der Waals surface area contributed by atoms with Crippen LogP contribution in [0.2, 0.25) is 0 Å². The molecule has 0 atom stereocenters. The Morgan fingerprint density at radius 3 is 1.88 bits per heavy atom. The second-order valence-electron chi connectivity index (χ2n) is 16.6. The molecule has 4 aliphatic carbocycles. The first-order valence-electron chi connectivity index (χ1n) is 20.2. The van der Waals surface area contributed by atoms with Crippen molar-refractivity contribution in [1.29, 1.82) is 5.26 Å². The van der Waals surface area contributed by atoms with Crippen molar-refractivity contribution in [3.8, 4) is 34.4 Å². The number of aromatic nitrogens is 3. The van der Waals surface area contributed by atoms with Crippen molar-refractivity contribution in [2.75, 3.05) is 4.90 Å². The van der Waals surface area contributed by atoms with Crippen LogP contribution in [-0.2, 0) is 5.41 Å². The minimum absolute atomic E-state index is 0.0176. The van der Waals surface area contributed by atoms with E-state index >= 15 is 0 Å². The largest absolute Gasteiger partial charge is 0.309 e. The van der Waals surface area contributed by atoms with Gasteiger partial charge in [0.25, 0.3) is 0 Å². The topological polar surface area (TPSA) is 57.7 Å². The molecule has 268 valence electrons. The van der Waals surface area contributed by atoms with Gasteiger partial charge in [0.1, 0.15) is 5.82 Å². The predicted octanol–water partition coefficient (Wildman–Crippen LogP) is 12.3. The highest BCUT2D eigenvalue weighted by molar-refractivity contribution is 6.10. The highest BCUT2D eigenvalue weighted by atomic mass is 15.2. The van der Waals surface area contributed by atoms with Crippen LogP contribution in [-0.4, -0.2) is 14.5 Å². The number of rotatable bonds is 4. The third-order valence-electron chi connectivity index (χ3n) is 13.8. The summed E-state index contributed by atoms with van der Waals surface area (Å²) in [5, 5.41) is 12.0. The van der Waals surface area contributed by atoms with Crippen molar-refractivity contribution >= 4 is 39.0 Å². The fraction of sp³-hybridized carbons (Fsp3) is 0.196. The third kappa shape index (κ3) is 4.41. The van der Waals surface area contributed by atoms with Gasteiger partial charge in [-0.15, -0.1) is 0 Å². The molecule has 1 aliphatic heterocycles. The van der Waals surface area contributed by atoms with E-state index < -0.39 is 0 Å². The van der Waals surface area contributed by atoms with Crippen LogP contribution in [0, 0.1) is 35.0 Å². The number of nitrogens with zero attached hydrogens (tertiary/aromatic N) is 5. The summed E-state index contributed by atoms with van der Waals surface area (Å²) in [4.78, 5) is 13.4. The lowest BCUT2D eigenvalue weighted by Gasteiger charge is -2.64. The smallest absolute Gasteiger partial charge is 0.164 e. The molecule has 6 aromatic carbocycles. The summed E-state index contributed by atoms with van der Waals surface area (Å²) in [6.07, 6.45) is 6.78. The lowest BCUT2D eigenvalue weighted by Crippen LogP contribution is -2.57. The summed E-state index contributed by atoms with van der Waals surface area (Å²) in [6, 6.07) is 56.5. The van der Waals surface area contributed by atoms with Gasteiger partial charge in [-0.05, 0) is 115 Å². The lowest BCUT2D eigenvalue weighted by molar-refractivity contribution is -0.0419. The Morgan fingerprint density at radius 1 is 0.554 bits per heavy atom. The normalized spacial score (nSPS) is 21.3. The van der Waals surface area contributed by atoms with E-state index in [0.717, 1.165) is 62.0 Å². The zero-order valence-corrected chi connectivity index (χ0v) is 31.0. The Kier molecular flexibility index (Phi) is 6.81. The zero-order chi connectivity index (χ0) is 37.0. The van der Waals surface area contributed by atoms with Crippen LogP contribution in [0.4, 0.5) is 17.2 Å². The van der Waals surface area contributed by atoms with Gasteiger partial charge in [-0.2, -0.15) is 5.26 Å². The molecule has 0 N–H and O–H groups in total. The van der Waals surface area contributed by atoms with E-state index in [1.54, 1.807) is 0 Å². The first kappa shape index (κ1) is 31.8. The van der Waals surface area contributed by atoms with Crippen LogP contribution in [0.15, 0.2) is 152 Å². The van der Waals surface area contributed by atoms with Gasteiger partial charge in [-0.3, -0.25) is 4.90 Å². The van der Waals surface area contributed by atoms with Crippen LogP contribution in [0.3, 0.4) is 0 Å². The van der Waals surface area contributed by atoms with Crippen LogP contribution >= 0.6 is 0 Å². The molecule has 2 aromatic heterocycles. The molecule has 5 nitrogen and oxygen atoms in total. The molecule has 4 bridgehead atoms. The van der Waals surface area contributed by atoms with Crippen LogP contribution in [0.5, 0.6) is 0 Å². The second-order valence-corrected chi connectivity index (χ2v) is 16.6. The number of para-hydroxylation sites is 4. The molecule has 0 saturated heterocycles. The van der Waals surface area contributed by atoms with Gasteiger partial charge in [-0.25, -0.2) is 9.97 Å². The number of anilines is 3. The fourth-order valence-corrected chi connectivity index (χ4v) is 12.0. The summed E-state index contributed by atoms with van der Waals surface area (Å²) >= 11 is 0. The van der Waals surface area contributed by atoms with Gasteiger partial charge < -0.3 is 4.57 Å². The van der Waals surface area contributed by atoms with Gasteiger partial charge in [0, 0.05) is 33.4 Å². The molecule has 8 aromatic rings. The first-order valence-corrected chi connectivity index (χ1v) is 20.2. The summed E-state index contributed by atoms with van der Waals surface area (Å²) in [5.41, 5.74) is 12.1. The Balaban J connectivity index is 1.10. The lowest BCUT2D eigenvalue weighted by atomic mass is 9.41. The van der Waals surface area contributed by atoms with Crippen LogP contribution in [0.25, 0.3) is 50.1 Å². The SMILES string of the molecule is N#Cc1ccc2c(c1)c1ccccc1n2-c1ccccc1-c1nc(-c2ccccc2)cc(N2c3ccccc3C3(c4ccccc42)C2CC4CC(C2)CC3C4)n1. The molecule has 13 rings (SSSR count). The first-order chi connectivity index (χ1) is 27.7. The summed E-state index contributed by atoms with van der Waals surface area (Å²) in [6.45, 7) is 0. The van der Waals surface area contributed by atoms with Crippen molar-refractivity contribution in [2.24, 2.45) is 23.7 Å². The van der Waals surface area contributed by atoms with Gasteiger partial charge >= 0.3 is 0 Å². The van der Waals surface area contributed by atoms with E-state index in [4.69, 9.17) is 9.97 Å². The monoisotopic (exact) mass is 721 g/mol. The Hall–Kier alpha value is -6.51. The molecular weight excluding hydrogens is 683 g/mol. The van der Waals surface area contributed by atoms with E-state index in [2.05, 4.69) is 155 Å². The molecule has 3 heterocycles. The minimum atomic E-state index is 0.0176. The number of fused-ring (bicyclic) bond motifs is 5. The fourth-order valence-electron chi connectivity index (χ4n) is 12.0. The molecule has 4 fully saturated rings. The molecule has 0 unspecified atom stereocenters. The van der Waals surface area contributed by atoms with E-state index in [9.17, 15) is 5.26 Å². The van der Waals surface area contributed by atoms with E-state index in [1.165, 1.54) is 54.6 Å². The maximum absolute atomic E-state index is 9.81. The Morgan fingerprint density at radius 2 is 1.16 bits per heavy atom. The van der Waals surface area contributed by atoms with Gasteiger partial charge in [-0.1, -0.05) is 97.1 Å². The zero-order valence-electron chi connectivity index (χ0n) is 31.0. The van der Waals surface area contributed by atoms with Crippen LogP contribution < -0.4 is 4.90 Å². The summed E-state index contributed by atoms with van der Waals surface area (Å²) in [7, 11) is 0. The number of benzene rings is 6. The molecule has 56 heavy (non-hydrogen) atoms. The quantitative estimate of drug-likeness (QED) is 0.182. The van der Waals surface area contributed by atoms with Gasteiger partial charge in [0.15, 0.2) is 5.82 Å². The third-order valence-corrected chi connectivity index (χ3v) is 13.8. The van der Waals surface area contributed by atoms with Crippen molar-refractivity contribution in [3.05, 3.63) is 168 Å². The van der Waals surface area contributed by atoms with E-state index in [1.807, 2.05) is 12.1 Å². The number of nitriles is 1. The summed E-state index contributed by atoms with van der Waals surface area (Å²) in [5.74, 6) is 4.60. The maximum atomic E-state index is 9.81. The number of hydrogen-bond donors (Lipinski definition) is 0. The molecule has 0 amide bonds. The molecule has 4 saturated carbocycles. The van der Waals surface area contributed by atoms with Gasteiger partial charge in [0.05, 0.1) is 45.4 Å². The van der Waals surface area contributed by atoms with Crippen molar-refractivity contribution in [3.63, 3.8) is 0 Å². The molecule has 0 radical (unpaired) electrons. The van der Waals surface area contributed by atoms with Gasteiger partial charge in [0.2, 0.25) is 0 Å². The standard InChI is InChI=1S/C51H39N5/c52-31-32-22-23-46-40(29-32)38-14-4-8-18-44(38)55(46)45-19-9-5-15-39(45)50-53-43(35-12-2-1-3-13-35)30-49(54-50)56-47-20-10-6-16-41(47)51(42-17-7-11-21-48(42)56)36-25-33-24-34(27-36)28-37(51)26-33/h1-23,29-30,33-34,36-37H,24-28H2. The van der Waals surface area contributed by atoms with Crippen LogP contribution in [0.1, 0.15) is 48.8 Å². The van der Waals surface area contributed by atoms with E-state index in [0.29, 0.717) is 23.2 Å². The minimum Gasteiger partial charge on any atom is -0.309 e. The van der Waals surface area contributed by atoms with Crippen molar-refractivity contribution < 1.29 is 0 Å². The highest BCUT2D eigenvalue weighted by Crippen LogP contribution is 2.69.